The number of thioether (sulfide) groups is 1. The fraction of sp³-hybridized carbons (Fsp3) is 0.500. The number of hydrogen-bond donors (Lipinski definition) is 1. The molecule has 0 aliphatic carbocycles. The van der Waals surface area contributed by atoms with E-state index >= 15 is 0 Å². The fourth-order valence-electron chi connectivity index (χ4n) is 1.28. The molecule has 0 aliphatic rings. The van der Waals surface area contributed by atoms with Crippen molar-refractivity contribution in [3.05, 3.63) is 29.8 Å². The molecule has 1 aromatic carbocycles. The number of esters is 1. The van der Waals surface area contributed by atoms with E-state index in [0.717, 1.165) is 23.4 Å². The van der Waals surface area contributed by atoms with Crippen molar-refractivity contribution in [3.8, 4) is 0 Å². The average Bonchev–Trinajstić information content (AvgIpc) is 2.37. The lowest BCUT2D eigenvalue weighted by molar-refractivity contribution is -0.147. The first-order valence-corrected chi connectivity index (χ1v) is 7.24. The summed E-state index contributed by atoms with van der Waals surface area (Å²) in [5, 5.41) is -0.142. The Kier molecular flexibility index (Phi) is 6.05. The molecule has 2 N–H and O–H groups in total. The maximum absolute atomic E-state index is 11.7. The van der Waals surface area contributed by atoms with Crippen molar-refractivity contribution in [1.82, 2.24) is 0 Å². The van der Waals surface area contributed by atoms with Crippen LogP contribution >= 0.6 is 11.8 Å². The van der Waals surface area contributed by atoms with Crippen LogP contribution in [0.25, 0.3) is 0 Å². The molecular weight excluding hydrogens is 246 g/mol. The van der Waals surface area contributed by atoms with Gasteiger partial charge in [-0.2, -0.15) is 0 Å². The van der Waals surface area contributed by atoms with Gasteiger partial charge in [-0.3, -0.25) is 4.79 Å². The average molecular weight is 267 g/mol. The number of carbonyl (C=O) groups excluding carboxylic acids is 1. The molecule has 0 bridgehead atoms. The molecule has 0 saturated heterocycles. The Hall–Kier alpha value is -1.16. The molecule has 0 radical (unpaired) electrons. The van der Waals surface area contributed by atoms with Gasteiger partial charge in [0.25, 0.3) is 0 Å². The van der Waals surface area contributed by atoms with Crippen molar-refractivity contribution >= 4 is 23.4 Å². The Labute approximate surface area is 113 Å². The summed E-state index contributed by atoms with van der Waals surface area (Å²) >= 11 is 1.58. The topological polar surface area (TPSA) is 52.3 Å². The number of nitrogens with two attached hydrogens (primary N) is 1. The zero-order chi connectivity index (χ0) is 13.5. The minimum atomic E-state index is -0.142. The number of carbonyl (C=O) groups is 1. The molecule has 0 heterocycles. The molecule has 0 spiro atoms. The summed E-state index contributed by atoms with van der Waals surface area (Å²) < 4.78 is 5.29. The van der Waals surface area contributed by atoms with Gasteiger partial charge >= 0.3 is 5.97 Å². The second kappa shape index (κ2) is 7.31. The molecule has 100 valence electrons. The van der Waals surface area contributed by atoms with Gasteiger partial charge < -0.3 is 10.5 Å². The maximum atomic E-state index is 11.7. The van der Waals surface area contributed by atoms with Crippen LogP contribution in [0, 0.1) is 0 Å². The molecule has 3 nitrogen and oxygen atoms in total. The monoisotopic (exact) mass is 267 g/mol. The van der Waals surface area contributed by atoms with E-state index in [1.165, 1.54) is 0 Å². The van der Waals surface area contributed by atoms with Crippen molar-refractivity contribution in [1.29, 1.82) is 0 Å². The second-order valence-corrected chi connectivity index (χ2v) is 5.68. The molecule has 1 rings (SSSR count). The van der Waals surface area contributed by atoms with E-state index in [-0.39, 0.29) is 17.3 Å². The molecule has 18 heavy (non-hydrogen) atoms. The van der Waals surface area contributed by atoms with Crippen molar-refractivity contribution in [2.75, 3.05) is 5.73 Å². The summed E-state index contributed by atoms with van der Waals surface area (Å²) in [6.45, 7) is 5.80. The highest BCUT2D eigenvalue weighted by molar-refractivity contribution is 7.99. The van der Waals surface area contributed by atoms with E-state index in [0.29, 0.717) is 0 Å². The number of nitrogen functional groups attached to an aromatic ring is 1. The first kappa shape index (κ1) is 14.9. The highest BCUT2D eigenvalue weighted by Gasteiger charge is 2.17. The van der Waals surface area contributed by atoms with Gasteiger partial charge in [-0.25, -0.2) is 0 Å². The molecule has 0 amide bonds. The van der Waals surface area contributed by atoms with Crippen LogP contribution in [0.4, 0.5) is 5.69 Å². The van der Waals surface area contributed by atoms with Gasteiger partial charge in [0, 0.05) is 11.4 Å². The Bertz CT molecular complexity index is 378. The number of ether oxygens (including phenoxy) is 1. The normalized spacial score (nSPS) is 13.9. The zero-order valence-electron chi connectivity index (χ0n) is 11.2. The number of rotatable bonds is 6. The number of benzene rings is 1. The van der Waals surface area contributed by atoms with Gasteiger partial charge in [0.2, 0.25) is 0 Å². The predicted molar refractivity (Wildman–Crippen MR) is 77.5 cm³/mol. The smallest absolute Gasteiger partial charge is 0.319 e. The Morgan fingerprint density at radius 2 is 1.94 bits per heavy atom. The van der Waals surface area contributed by atoms with Crippen LogP contribution in [0.3, 0.4) is 0 Å². The molecule has 0 saturated carbocycles. The third-order valence-corrected chi connectivity index (χ3v) is 3.90. The van der Waals surface area contributed by atoms with Crippen molar-refractivity contribution in [3.63, 3.8) is 0 Å². The van der Waals surface area contributed by atoms with Gasteiger partial charge in [-0.1, -0.05) is 19.1 Å². The summed E-state index contributed by atoms with van der Waals surface area (Å²) in [7, 11) is 0. The van der Waals surface area contributed by atoms with Gasteiger partial charge in [0.1, 0.15) is 0 Å². The van der Waals surface area contributed by atoms with Crippen LogP contribution in [-0.4, -0.2) is 17.3 Å². The van der Waals surface area contributed by atoms with Crippen LogP contribution < -0.4 is 5.73 Å². The van der Waals surface area contributed by atoms with Gasteiger partial charge in [-0.15, -0.1) is 11.8 Å². The summed E-state index contributed by atoms with van der Waals surface area (Å²) in [6, 6.07) is 7.71. The lowest BCUT2D eigenvalue weighted by Gasteiger charge is -2.15. The minimum Gasteiger partial charge on any atom is -0.462 e. The fourth-order valence-corrected chi connectivity index (χ4v) is 2.11. The Morgan fingerprint density at radius 1 is 1.33 bits per heavy atom. The predicted octanol–water partition coefficient (Wildman–Crippen LogP) is 3.23. The lowest BCUT2D eigenvalue weighted by atomic mass is 10.2. The van der Waals surface area contributed by atoms with E-state index in [1.807, 2.05) is 45.0 Å². The lowest BCUT2D eigenvalue weighted by Crippen LogP contribution is -2.22. The van der Waals surface area contributed by atoms with E-state index in [2.05, 4.69) is 0 Å². The Morgan fingerprint density at radius 3 is 2.50 bits per heavy atom. The number of anilines is 1. The van der Waals surface area contributed by atoms with Gasteiger partial charge in [0.15, 0.2) is 0 Å². The molecule has 2 unspecified atom stereocenters. The summed E-state index contributed by atoms with van der Waals surface area (Å²) in [4.78, 5) is 11.7. The minimum absolute atomic E-state index is 0.00271. The highest BCUT2D eigenvalue weighted by atomic mass is 32.2. The molecule has 4 heteroatoms. The zero-order valence-corrected chi connectivity index (χ0v) is 12.0. The molecule has 1 aromatic rings. The maximum Gasteiger partial charge on any atom is 0.319 e. The number of hydrogen-bond acceptors (Lipinski definition) is 4. The van der Waals surface area contributed by atoms with Crippen LogP contribution in [-0.2, 0) is 15.3 Å². The van der Waals surface area contributed by atoms with E-state index in [1.54, 1.807) is 11.8 Å². The van der Waals surface area contributed by atoms with E-state index in [4.69, 9.17) is 10.5 Å². The largest absolute Gasteiger partial charge is 0.462 e. The van der Waals surface area contributed by atoms with Crippen molar-refractivity contribution in [2.24, 2.45) is 0 Å². The Balaban J connectivity index is 2.38. The van der Waals surface area contributed by atoms with Crippen LogP contribution in [0.5, 0.6) is 0 Å². The van der Waals surface area contributed by atoms with Crippen LogP contribution in [0.2, 0.25) is 0 Å². The SMILES string of the molecule is CCC(C)OC(=O)C(C)SCc1ccc(N)cc1. The van der Waals surface area contributed by atoms with E-state index < -0.39 is 0 Å². The van der Waals surface area contributed by atoms with Crippen LogP contribution in [0.1, 0.15) is 32.8 Å². The molecule has 0 fully saturated rings. The first-order chi connectivity index (χ1) is 8.52. The highest BCUT2D eigenvalue weighted by Crippen LogP contribution is 2.20. The van der Waals surface area contributed by atoms with Crippen molar-refractivity contribution in [2.45, 2.75) is 44.3 Å². The third kappa shape index (κ3) is 5.00. The van der Waals surface area contributed by atoms with E-state index in [9.17, 15) is 4.79 Å². The van der Waals surface area contributed by atoms with Gasteiger partial charge in [0.05, 0.1) is 11.4 Å². The molecule has 0 aliphatic heterocycles. The standard InChI is InChI=1S/C14H21NO2S/c1-4-10(2)17-14(16)11(3)18-9-12-5-7-13(15)8-6-12/h5-8,10-11H,4,9,15H2,1-3H3. The first-order valence-electron chi connectivity index (χ1n) is 6.19. The van der Waals surface area contributed by atoms with Crippen LogP contribution in [0.15, 0.2) is 24.3 Å². The second-order valence-electron chi connectivity index (χ2n) is 4.35. The quantitative estimate of drug-likeness (QED) is 0.635. The molecule has 2 atom stereocenters. The summed E-state index contributed by atoms with van der Waals surface area (Å²) in [6.07, 6.45) is 0.846. The van der Waals surface area contributed by atoms with Gasteiger partial charge in [-0.05, 0) is 38.0 Å². The van der Waals surface area contributed by atoms with Crippen molar-refractivity contribution < 1.29 is 9.53 Å². The molecular formula is C14H21NO2S. The molecule has 0 aromatic heterocycles. The third-order valence-electron chi connectivity index (χ3n) is 2.70. The summed E-state index contributed by atoms with van der Waals surface area (Å²) in [5.74, 6) is 0.654. The summed E-state index contributed by atoms with van der Waals surface area (Å²) in [5.41, 5.74) is 7.54.